The lowest BCUT2D eigenvalue weighted by Gasteiger charge is -2.23. The number of hydrogen-bond acceptors (Lipinski definition) is 7. The van der Waals surface area contributed by atoms with Crippen molar-refractivity contribution in [1.29, 1.82) is 0 Å². The fraction of sp³-hybridized carbons (Fsp3) is 0.207. The number of carboxylic acids is 1. The van der Waals surface area contributed by atoms with Crippen LogP contribution in [0.15, 0.2) is 91.0 Å². The predicted octanol–water partition coefficient (Wildman–Crippen LogP) is 3.82. The molecular weight excluding hydrogens is 536 g/mol. The SMILES string of the molecule is CC(NC(=O)C(Cc1ccccc1)NC(=O)C(CSC(=O)c1ccccc1)SC(=O)c1ccccc1)C(=O)O. The summed E-state index contributed by atoms with van der Waals surface area (Å²) >= 11 is 1.68. The number of thioether (sulfide) groups is 2. The van der Waals surface area contributed by atoms with Crippen LogP contribution in [0.4, 0.5) is 0 Å². The van der Waals surface area contributed by atoms with Crippen LogP contribution in [0.3, 0.4) is 0 Å². The molecule has 3 N–H and O–H groups in total. The fourth-order valence-corrected chi connectivity index (χ4v) is 5.38. The highest BCUT2D eigenvalue weighted by atomic mass is 32.2. The molecule has 8 nitrogen and oxygen atoms in total. The van der Waals surface area contributed by atoms with E-state index in [0.29, 0.717) is 11.1 Å². The van der Waals surface area contributed by atoms with Gasteiger partial charge in [-0.2, -0.15) is 0 Å². The van der Waals surface area contributed by atoms with Gasteiger partial charge in [-0.1, -0.05) is 115 Å². The Morgan fingerprint density at radius 3 is 1.77 bits per heavy atom. The summed E-state index contributed by atoms with van der Waals surface area (Å²) < 4.78 is 0. The van der Waals surface area contributed by atoms with Crippen molar-refractivity contribution in [2.75, 3.05) is 5.75 Å². The van der Waals surface area contributed by atoms with Gasteiger partial charge in [0.15, 0.2) is 0 Å². The molecule has 3 rings (SSSR count). The average molecular weight is 565 g/mol. The van der Waals surface area contributed by atoms with Crippen LogP contribution in [-0.2, 0) is 20.8 Å². The van der Waals surface area contributed by atoms with E-state index in [1.807, 2.05) is 6.07 Å². The second kappa shape index (κ2) is 14.9. The Hall–Kier alpha value is -3.89. The topological polar surface area (TPSA) is 130 Å². The highest BCUT2D eigenvalue weighted by Crippen LogP contribution is 2.24. The summed E-state index contributed by atoms with van der Waals surface area (Å²) in [6, 6.07) is 23.7. The maximum atomic E-state index is 13.5. The number of carbonyl (C=O) groups is 5. The minimum absolute atomic E-state index is 0.0198. The molecule has 3 aromatic rings. The molecule has 0 aliphatic rings. The third kappa shape index (κ3) is 9.42. The van der Waals surface area contributed by atoms with Crippen LogP contribution >= 0.6 is 23.5 Å². The Morgan fingerprint density at radius 1 is 0.718 bits per heavy atom. The van der Waals surface area contributed by atoms with Crippen LogP contribution in [0.5, 0.6) is 0 Å². The van der Waals surface area contributed by atoms with E-state index in [9.17, 15) is 29.1 Å². The van der Waals surface area contributed by atoms with Crippen LogP contribution < -0.4 is 10.6 Å². The Kier molecular flexibility index (Phi) is 11.3. The molecule has 0 heterocycles. The number of hydrogen-bond donors (Lipinski definition) is 3. The molecule has 3 atom stereocenters. The van der Waals surface area contributed by atoms with E-state index >= 15 is 0 Å². The molecule has 0 aromatic heterocycles. The van der Waals surface area contributed by atoms with Crippen molar-refractivity contribution in [2.24, 2.45) is 0 Å². The maximum absolute atomic E-state index is 13.5. The molecule has 0 saturated heterocycles. The van der Waals surface area contributed by atoms with Crippen molar-refractivity contribution in [1.82, 2.24) is 10.6 Å². The molecule has 10 heteroatoms. The van der Waals surface area contributed by atoms with Crippen LogP contribution in [0.25, 0.3) is 0 Å². The van der Waals surface area contributed by atoms with Gasteiger partial charge in [-0.3, -0.25) is 24.0 Å². The van der Waals surface area contributed by atoms with E-state index in [1.165, 1.54) is 6.92 Å². The van der Waals surface area contributed by atoms with Gasteiger partial charge in [-0.05, 0) is 12.5 Å². The highest BCUT2D eigenvalue weighted by molar-refractivity contribution is 8.18. The molecule has 3 unspecified atom stereocenters. The zero-order chi connectivity index (χ0) is 28.2. The lowest BCUT2D eigenvalue weighted by Crippen LogP contribution is -2.53. The Morgan fingerprint density at radius 2 is 1.23 bits per heavy atom. The van der Waals surface area contributed by atoms with Gasteiger partial charge in [0, 0.05) is 23.3 Å². The summed E-state index contributed by atoms with van der Waals surface area (Å²) in [6.45, 7) is 1.32. The molecular formula is C29H28N2O6S2. The third-order valence-electron chi connectivity index (χ3n) is 5.57. The van der Waals surface area contributed by atoms with Crippen LogP contribution in [-0.4, -0.2) is 56.2 Å². The highest BCUT2D eigenvalue weighted by Gasteiger charge is 2.30. The fourth-order valence-electron chi connectivity index (χ4n) is 3.44. The van der Waals surface area contributed by atoms with E-state index in [-0.39, 0.29) is 22.4 Å². The monoisotopic (exact) mass is 564 g/mol. The van der Waals surface area contributed by atoms with Crippen LogP contribution in [0, 0.1) is 0 Å². The zero-order valence-electron chi connectivity index (χ0n) is 21.1. The number of rotatable bonds is 12. The van der Waals surface area contributed by atoms with Gasteiger partial charge < -0.3 is 15.7 Å². The normalized spacial score (nSPS) is 12.9. The van der Waals surface area contributed by atoms with Crippen molar-refractivity contribution < 1.29 is 29.1 Å². The summed E-state index contributed by atoms with van der Waals surface area (Å²) in [6.07, 6.45) is 0.102. The Bertz CT molecular complexity index is 1290. The van der Waals surface area contributed by atoms with Gasteiger partial charge in [0.2, 0.25) is 22.0 Å². The van der Waals surface area contributed by atoms with Crippen molar-refractivity contribution in [3.05, 3.63) is 108 Å². The smallest absolute Gasteiger partial charge is 0.325 e. The largest absolute Gasteiger partial charge is 0.480 e. The lowest BCUT2D eigenvalue weighted by atomic mass is 10.0. The van der Waals surface area contributed by atoms with Gasteiger partial charge in [-0.25, -0.2) is 0 Å². The van der Waals surface area contributed by atoms with Gasteiger partial charge in [0.25, 0.3) is 0 Å². The molecule has 0 saturated carbocycles. The van der Waals surface area contributed by atoms with E-state index < -0.39 is 35.1 Å². The average Bonchev–Trinajstić information content (AvgIpc) is 2.95. The molecule has 202 valence electrons. The Balaban J connectivity index is 1.80. The van der Waals surface area contributed by atoms with Gasteiger partial charge in [0.05, 0.1) is 0 Å². The maximum Gasteiger partial charge on any atom is 0.325 e. The summed E-state index contributed by atoms with van der Waals surface area (Å²) in [5.41, 5.74) is 1.61. The van der Waals surface area contributed by atoms with Gasteiger partial charge in [0.1, 0.15) is 17.3 Å². The van der Waals surface area contributed by atoms with E-state index in [4.69, 9.17) is 0 Å². The first-order chi connectivity index (χ1) is 18.7. The quantitative estimate of drug-likeness (QED) is 0.303. The first-order valence-corrected chi connectivity index (χ1v) is 14.0. The standard InChI is InChI=1S/C29H28N2O6S2/c1-19(27(34)35)30-25(32)23(17-20-11-5-2-6-12-20)31-26(33)24(39-29(37)22-15-9-4-10-16-22)18-38-28(36)21-13-7-3-8-14-21/h2-16,19,23-24H,17-18H2,1H3,(H,30,32)(H,31,33)(H,34,35). The molecule has 0 bridgehead atoms. The Labute approximate surface area is 235 Å². The summed E-state index contributed by atoms with van der Waals surface area (Å²) in [7, 11) is 0. The first-order valence-electron chi connectivity index (χ1n) is 12.1. The van der Waals surface area contributed by atoms with Crippen LogP contribution in [0.1, 0.15) is 33.2 Å². The molecule has 2 amide bonds. The van der Waals surface area contributed by atoms with Crippen molar-refractivity contribution >= 4 is 51.5 Å². The van der Waals surface area contributed by atoms with Crippen LogP contribution in [0.2, 0.25) is 0 Å². The molecule has 0 fully saturated rings. The number of benzene rings is 3. The molecule has 0 aliphatic carbocycles. The second-order valence-electron chi connectivity index (χ2n) is 8.54. The molecule has 3 aromatic carbocycles. The number of amides is 2. The molecule has 39 heavy (non-hydrogen) atoms. The number of carbonyl (C=O) groups excluding carboxylic acids is 4. The third-order valence-corrected chi connectivity index (χ3v) is 7.90. The number of carboxylic acid groups (broad SMARTS) is 1. The minimum atomic E-state index is -1.22. The van der Waals surface area contributed by atoms with Gasteiger partial charge in [-0.15, -0.1) is 0 Å². The van der Waals surface area contributed by atoms with Crippen molar-refractivity contribution in [3.63, 3.8) is 0 Å². The number of nitrogens with one attached hydrogen (secondary N) is 2. The lowest BCUT2D eigenvalue weighted by molar-refractivity contribution is -0.141. The van der Waals surface area contributed by atoms with E-state index in [2.05, 4.69) is 10.6 Å². The van der Waals surface area contributed by atoms with Gasteiger partial charge >= 0.3 is 5.97 Å². The summed E-state index contributed by atoms with van der Waals surface area (Å²) in [5.74, 6) is -2.52. The molecule has 0 radical (unpaired) electrons. The minimum Gasteiger partial charge on any atom is -0.480 e. The molecule has 0 aliphatic heterocycles. The first kappa shape index (κ1) is 29.7. The number of aliphatic carboxylic acids is 1. The molecule has 0 spiro atoms. The van der Waals surface area contributed by atoms with Crippen molar-refractivity contribution in [2.45, 2.75) is 30.7 Å². The van der Waals surface area contributed by atoms with Crippen molar-refractivity contribution in [3.8, 4) is 0 Å². The zero-order valence-corrected chi connectivity index (χ0v) is 22.7. The summed E-state index contributed by atoms with van der Waals surface area (Å²) in [5, 5.41) is 12.7. The summed E-state index contributed by atoms with van der Waals surface area (Å²) in [4.78, 5) is 63.4. The predicted molar refractivity (Wildman–Crippen MR) is 153 cm³/mol. The van der Waals surface area contributed by atoms with E-state index in [0.717, 1.165) is 29.1 Å². The second-order valence-corrected chi connectivity index (χ2v) is 10.7. The van der Waals surface area contributed by atoms with E-state index in [1.54, 1.807) is 84.9 Å².